The molecule has 9 nitrogen and oxygen atoms in total. The normalized spacial score (nSPS) is 10.9. The van der Waals surface area contributed by atoms with Crippen LogP contribution in [0.3, 0.4) is 0 Å². The summed E-state index contributed by atoms with van der Waals surface area (Å²) in [6.45, 7) is 1.84. The predicted octanol–water partition coefficient (Wildman–Crippen LogP) is 3.96. The summed E-state index contributed by atoms with van der Waals surface area (Å²) in [6.07, 6.45) is 0. The second-order valence-electron chi connectivity index (χ2n) is 6.54. The number of nitro benzene ring substituents is 1. The number of carbonyl (C=O) groups is 1. The number of ether oxygens (including phenoxy) is 1. The van der Waals surface area contributed by atoms with Crippen molar-refractivity contribution in [1.29, 1.82) is 0 Å². The minimum absolute atomic E-state index is 0.0912. The average molecular weight is 441 g/mol. The minimum Gasteiger partial charge on any atom is -0.495 e. The quantitative estimate of drug-likeness (QED) is 0.422. The van der Waals surface area contributed by atoms with Crippen LogP contribution in [0, 0.1) is 17.0 Å². The molecule has 3 aromatic carbocycles. The fourth-order valence-corrected chi connectivity index (χ4v) is 3.91. The fourth-order valence-electron chi connectivity index (χ4n) is 2.81. The SMILES string of the molecule is COc1ccc([N+](=O)[O-])cc1NS(=O)(=O)c1cccc(C(=O)Nc2ccccc2C)c1. The highest BCUT2D eigenvalue weighted by atomic mass is 32.2. The molecule has 2 N–H and O–H groups in total. The van der Waals surface area contributed by atoms with Crippen molar-refractivity contribution < 1.29 is 22.9 Å². The van der Waals surface area contributed by atoms with Gasteiger partial charge in [-0.15, -0.1) is 0 Å². The molecule has 0 aliphatic carbocycles. The lowest BCUT2D eigenvalue weighted by molar-refractivity contribution is -0.384. The number of para-hydroxylation sites is 1. The van der Waals surface area contributed by atoms with Gasteiger partial charge in [-0.25, -0.2) is 8.42 Å². The Morgan fingerprint density at radius 2 is 1.74 bits per heavy atom. The van der Waals surface area contributed by atoms with Gasteiger partial charge in [0, 0.05) is 23.4 Å². The number of methoxy groups -OCH3 is 1. The molecule has 10 heteroatoms. The number of anilines is 2. The number of aryl methyl sites for hydroxylation is 1. The first-order chi connectivity index (χ1) is 14.7. The number of nitrogens with zero attached hydrogens (tertiary/aromatic N) is 1. The van der Waals surface area contributed by atoms with E-state index in [0.717, 1.165) is 11.6 Å². The summed E-state index contributed by atoms with van der Waals surface area (Å²) >= 11 is 0. The van der Waals surface area contributed by atoms with Gasteiger partial charge in [-0.2, -0.15) is 0 Å². The van der Waals surface area contributed by atoms with Crippen LogP contribution in [0.2, 0.25) is 0 Å². The molecule has 0 aliphatic rings. The van der Waals surface area contributed by atoms with Crippen LogP contribution < -0.4 is 14.8 Å². The van der Waals surface area contributed by atoms with Crippen molar-refractivity contribution in [2.75, 3.05) is 17.1 Å². The van der Waals surface area contributed by atoms with Crippen LogP contribution in [0.15, 0.2) is 71.6 Å². The van der Waals surface area contributed by atoms with Gasteiger partial charge in [0.2, 0.25) is 0 Å². The maximum absolute atomic E-state index is 12.9. The van der Waals surface area contributed by atoms with E-state index in [1.54, 1.807) is 12.1 Å². The number of sulfonamides is 1. The third-order valence-electron chi connectivity index (χ3n) is 4.44. The highest BCUT2D eigenvalue weighted by Crippen LogP contribution is 2.31. The van der Waals surface area contributed by atoms with Crippen molar-refractivity contribution in [1.82, 2.24) is 0 Å². The number of nitrogens with one attached hydrogen (secondary N) is 2. The lowest BCUT2D eigenvalue weighted by atomic mass is 10.1. The number of nitro groups is 1. The highest BCUT2D eigenvalue weighted by molar-refractivity contribution is 7.92. The lowest BCUT2D eigenvalue weighted by Crippen LogP contribution is -2.16. The Morgan fingerprint density at radius 3 is 2.42 bits per heavy atom. The molecular formula is C21H19N3O6S. The van der Waals surface area contributed by atoms with E-state index >= 15 is 0 Å². The van der Waals surface area contributed by atoms with Gasteiger partial charge in [-0.3, -0.25) is 19.6 Å². The van der Waals surface area contributed by atoms with Crippen LogP contribution in [0.4, 0.5) is 17.1 Å². The lowest BCUT2D eigenvalue weighted by Gasteiger charge is -2.13. The largest absolute Gasteiger partial charge is 0.495 e. The molecule has 0 unspecified atom stereocenters. The summed E-state index contributed by atoms with van der Waals surface area (Å²) in [7, 11) is -2.84. The van der Waals surface area contributed by atoms with E-state index < -0.39 is 20.9 Å². The van der Waals surface area contributed by atoms with Crippen LogP contribution in [-0.2, 0) is 10.0 Å². The Kier molecular flexibility index (Phi) is 6.21. The fraction of sp³-hybridized carbons (Fsp3) is 0.0952. The first kappa shape index (κ1) is 21.8. The molecule has 0 spiro atoms. The van der Waals surface area contributed by atoms with E-state index in [1.807, 2.05) is 19.1 Å². The molecule has 3 aromatic rings. The maximum atomic E-state index is 12.9. The molecule has 3 rings (SSSR count). The van der Waals surface area contributed by atoms with Gasteiger partial charge in [0.15, 0.2) is 0 Å². The third kappa shape index (κ3) is 4.98. The molecular weight excluding hydrogens is 422 g/mol. The van der Waals surface area contributed by atoms with E-state index in [9.17, 15) is 23.3 Å². The molecule has 0 radical (unpaired) electrons. The number of non-ortho nitro benzene ring substituents is 1. The molecule has 0 aliphatic heterocycles. The second kappa shape index (κ2) is 8.84. The Morgan fingerprint density at radius 1 is 1.00 bits per heavy atom. The summed E-state index contributed by atoms with van der Waals surface area (Å²) in [5, 5.41) is 13.8. The van der Waals surface area contributed by atoms with Crippen LogP contribution in [-0.4, -0.2) is 26.4 Å². The first-order valence-corrected chi connectivity index (χ1v) is 10.5. The zero-order chi connectivity index (χ0) is 22.6. The van der Waals surface area contributed by atoms with Crippen molar-refractivity contribution >= 4 is 33.0 Å². The summed E-state index contributed by atoms with van der Waals surface area (Å²) < 4.78 is 33.1. The Balaban J connectivity index is 1.89. The predicted molar refractivity (Wildman–Crippen MR) is 116 cm³/mol. The number of rotatable bonds is 7. The Hall–Kier alpha value is -3.92. The molecule has 0 heterocycles. The van der Waals surface area contributed by atoms with Gasteiger partial charge in [-0.05, 0) is 42.8 Å². The molecule has 0 saturated heterocycles. The zero-order valence-corrected chi connectivity index (χ0v) is 17.5. The molecule has 31 heavy (non-hydrogen) atoms. The summed E-state index contributed by atoms with van der Waals surface area (Å²) in [6, 6.07) is 16.2. The monoisotopic (exact) mass is 441 g/mol. The average Bonchev–Trinajstić information content (AvgIpc) is 2.75. The van der Waals surface area contributed by atoms with Crippen LogP contribution in [0.5, 0.6) is 5.75 Å². The number of hydrogen-bond donors (Lipinski definition) is 2. The Bertz CT molecular complexity index is 1260. The molecule has 1 amide bonds. The van der Waals surface area contributed by atoms with E-state index in [0.29, 0.717) is 5.69 Å². The van der Waals surface area contributed by atoms with Crippen LogP contribution in [0.25, 0.3) is 0 Å². The van der Waals surface area contributed by atoms with Crippen molar-refractivity contribution in [3.05, 3.63) is 88.0 Å². The van der Waals surface area contributed by atoms with Gasteiger partial charge in [-0.1, -0.05) is 24.3 Å². The van der Waals surface area contributed by atoms with Gasteiger partial charge < -0.3 is 10.1 Å². The Labute approximate surface area is 178 Å². The van der Waals surface area contributed by atoms with Crippen molar-refractivity contribution in [3.8, 4) is 5.75 Å². The molecule has 0 fully saturated rings. The van der Waals surface area contributed by atoms with Gasteiger partial charge >= 0.3 is 0 Å². The van der Waals surface area contributed by atoms with Crippen molar-refractivity contribution in [2.24, 2.45) is 0 Å². The van der Waals surface area contributed by atoms with E-state index in [1.165, 1.54) is 43.5 Å². The molecule has 0 aromatic heterocycles. The topological polar surface area (TPSA) is 128 Å². The molecule has 0 bridgehead atoms. The van der Waals surface area contributed by atoms with Gasteiger partial charge in [0.1, 0.15) is 5.75 Å². The van der Waals surface area contributed by atoms with Gasteiger partial charge in [0.05, 0.1) is 22.6 Å². The van der Waals surface area contributed by atoms with E-state index in [2.05, 4.69) is 10.0 Å². The minimum atomic E-state index is -4.16. The third-order valence-corrected chi connectivity index (χ3v) is 5.80. The van der Waals surface area contributed by atoms with Crippen LogP contribution in [0.1, 0.15) is 15.9 Å². The zero-order valence-electron chi connectivity index (χ0n) is 16.7. The standard InChI is InChI=1S/C21H19N3O6S/c1-14-6-3-4-9-18(14)22-21(25)15-7-5-8-17(12-15)31(28,29)23-19-13-16(24(26)27)10-11-20(19)30-2/h3-13,23H,1-2H3,(H,22,25). The van der Waals surface area contributed by atoms with E-state index in [4.69, 9.17) is 4.74 Å². The van der Waals surface area contributed by atoms with Crippen molar-refractivity contribution in [2.45, 2.75) is 11.8 Å². The summed E-state index contributed by atoms with van der Waals surface area (Å²) in [5.41, 5.74) is 1.22. The number of hydrogen-bond acceptors (Lipinski definition) is 6. The summed E-state index contributed by atoms with van der Waals surface area (Å²) in [5.74, 6) is -0.359. The van der Waals surface area contributed by atoms with Crippen molar-refractivity contribution in [3.63, 3.8) is 0 Å². The molecule has 160 valence electrons. The number of amides is 1. The highest BCUT2D eigenvalue weighted by Gasteiger charge is 2.20. The van der Waals surface area contributed by atoms with Gasteiger partial charge in [0.25, 0.3) is 21.6 Å². The number of carbonyl (C=O) groups excluding carboxylic acids is 1. The maximum Gasteiger partial charge on any atom is 0.271 e. The van der Waals surface area contributed by atoms with E-state index in [-0.39, 0.29) is 27.6 Å². The van der Waals surface area contributed by atoms with Crippen LogP contribution >= 0.6 is 0 Å². The molecule has 0 saturated carbocycles. The first-order valence-electron chi connectivity index (χ1n) is 9.03. The smallest absolute Gasteiger partial charge is 0.271 e. The molecule has 0 atom stereocenters. The number of benzene rings is 3. The second-order valence-corrected chi connectivity index (χ2v) is 8.23. The summed E-state index contributed by atoms with van der Waals surface area (Å²) in [4.78, 5) is 22.8.